The van der Waals surface area contributed by atoms with Gasteiger partial charge in [-0.05, 0) is 31.5 Å². The van der Waals surface area contributed by atoms with Crippen LogP contribution in [-0.4, -0.2) is 42.9 Å². The summed E-state index contributed by atoms with van der Waals surface area (Å²) in [6.07, 6.45) is 5.02. The van der Waals surface area contributed by atoms with Gasteiger partial charge in [-0.2, -0.15) is 10.2 Å². The predicted molar refractivity (Wildman–Crippen MR) is 125 cm³/mol. The molecule has 0 fully saturated rings. The molecule has 33 heavy (non-hydrogen) atoms. The zero-order chi connectivity index (χ0) is 23.4. The Hall–Kier alpha value is -4.27. The molecule has 0 saturated heterocycles. The monoisotopic (exact) mass is 443 g/mol. The summed E-state index contributed by atoms with van der Waals surface area (Å²) in [5.74, 6) is -0.717. The van der Waals surface area contributed by atoms with Crippen molar-refractivity contribution in [2.45, 2.75) is 20.4 Å². The highest BCUT2D eigenvalue weighted by Gasteiger charge is 2.20. The summed E-state index contributed by atoms with van der Waals surface area (Å²) in [6, 6.07) is 13.5. The first kappa shape index (κ1) is 21.9. The third kappa shape index (κ3) is 4.98. The molecule has 4 rings (SSSR count). The Labute approximate surface area is 191 Å². The minimum absolute atomic E-state index is 0.178. The van der Waals surface area contributed by atoms with E-state index in [0.29, 0.717) is 23.5 Å². The van der Waals surface area contributed by atoms with Gasteiger partial charge in [-0.25, -0.2) is 0 Å². The Morgan fingerprint density at radius 2 is 1.82 bits per heavy atom. The summed E-state index contributed by atoms with van der Waals surface area (Å²) in [6.45, 7) is 4.03. The van der Waals surface area contributed by atoms with Crippen molar-refractivity contribution in [2.24, 2.45) is 7.05 Å². The van der Waals surface area contributed by atoms with Gasteiger partial charge in [0.25, 0.3) is 5.91 Å². The number of benzene rings is 1. The largest absolute Gasteiger partial charge is 0.343 e. The topological polar surface area (TPSA) is 107 Å². The fourth-order valence-corrected chi connectivity index (χ4v) is 3.55. The van der Waals surface area contributed by atoms with E-state index in [1.54, 1.807) is 34.0 Å². The Balaban J connectivity index is 1.51. The number of rotatable bonds is 7. The van der Waals surface area contributed by atoms with E-state index in [-0.39, 0.29) is 18.4 Å². The third-order valence-electron chi connectivity index (χ3n) is 5.31. The molecule has 1 aromatic carbocycles. The minimum atomic E-state index is -0.386. The average Bonchev–Trinajstić information content (AvgIpc) is 3.35. The van der Waals surface area contributed by atoms with E-state index in [1.807, 2.05) is 57.3 Å². The van der Waals surface area contributed by atoms with Gasteiger partial charge in [0.05, 0.1) is 35.7 Å². The lowest BCUT2D eigenvalue weighted by Crippen LogP contribution is -2.33. The lowest BCUT2D eigenvalue weighted by molar-refractivity contribution is -0.115. The van der Waals surface area contributed by atoms with Gasteiger partial charge in [-0.3, -0.25) is 23.9 Å². The summed E-state index contributed by atoms with van der Waals surface area (Å²) >= 11 is 0. The molecule has 0 unspecified atom stereocenters. The van der Waals surface area contributed by atoms with Crippen LogP contribution in [0.25, 0.3) is 11.3 Å². The summed E-state index contributed by atoms with van der Waals surface area (Å²) in [4.78, 5) is 29.6. The molecule has 9 nitrogen and oxygen atoms in total. The van der Waals surface area contributed by atoms with Crippen molar-refractivity contribution < 1.29 is 9.59 Å². The van der Waals surface area contributed by atoms with Crippen molar-refractivity contribution in [1.29, 1.82) is 0 Å². The maximum absolute atomic E-state index is 13.0. The van der Waals surface area contributed by atoms with Gasteiger partial charge in [0, 0.05) is 31.2 Å². The third-order valence-corrected chi connectivity index (χ3v) is 5.31. The van der Waals surface area contributed by atoms with Gasteiger partial charge in [0.1, 0.15) is 5.69 Å². The van der Waals surface area contributed by atoms with Gasteiger partial charge < -0.3 is 10.6 Å². The van der Waals surface area contributed by atoms with E-state index in [1.165, 1.54) is 0 Å². The van der Waals surface area contributed by atoms with Gasteiger partial charge in [0.2, 0.25) is 5.91 Å². The van der Waals surface area contributed by atoms with Crippen LogP contribution in [0, 0.1) is 13.8 Å². The second kappa shape index (κ2) is 9.47. The zero-order valence-corrected chi connectivity index (χ0v) is 18.7. The van der Waals surface area contributed by atoms with Crippen molar-refractivity contribution >= 4 is 17.5 Å². The number of aryl methyl sites for hydroxylation is 2. The molecule has 9 heteroatoms. The smallest absolute Gasteiger partial charge is 0.255 e. The first-order chi connectivity index (χ1) is 15.9. The number of anilines is 1. The van der Waals surface area contributed by atoms with Crippen LogP contribution in [0.15, 0.2) is 61.1 Å². The highest BCUT2D eigenvalue weighted by molar-refractivity contribution is 6.02. The quantitative estimate of drug-likeness (QED) is 0.457. The molecule has 168 valence electrons. The maximum atomic E-state index is 13.0. The number of nitrogens with one attached hydrogen (secondary N) is 2. The van der Waals surface area contributed by atoms with Crippen LogP contribution in [-0.2, 0) is 18.4 Å². The zero-order valence-electron chi connectivity index (χ0n) is 18.7. The molecule has 0 radical (unpaired) electrons. The number of hydrogen-bond acceptors (Lipinski definition) is 5. The highest BCUT2D eigenvalue weighted by Crippen LogP contribution is 2.22. The van der Waals surface area contributed by atoms with Crippen LogP contribution in [0.4, 0.5) is 5.69 Å². The maximum Gasteiger partial charge on any atom is 0.255 e. The van der Waals surface area contributed by atoms with Gasteiger partial charge in [-0.1, -0.05) is 30.3 Å². The number of hydrogen-bond donors (Lipinski definition) is 2. The molecule has 3 aromatic heterocycles. The molecule has 0 atom stereocenters. The number of carbonyl (C=O) groups excluding carboxylic acids is 2. The van der Waals surface area contributed by atoms with E-state index in [4.69, 9.17) is 0 Å². The second-order valence-corrected chi connectivity index (χ2v) is 7.72. The molecule has 3 heterocycles. The van der Waals surface area contributed by atoms with E-state index >= 15 is 0 Å². The van der Waals surface area contributed by atoms with Crippen LogP contribution in [0.2, 0.25) is 0 Å². The Bertz CT molecular complexity index is 1280. The molecule has 2 amide bonds. The molecule has 0 saturated carbocycles. The van der Waals surface area contributed by atoms with Gasteiger partial charge >= 0.3 is 0 Å². The summed E-state index contributed by atoms with van der Waals surface area (Å²) in [5.41, 5.74) is 4.88. The SMILES string of the molecule is Cc1nn(C)c(C)c1NC(=O)CNC(=O)c1cn(Cc2ccccc2)nc1-c1cccnc1. The number of amides is 2. The highest BCUT2D eigenvalue weighted by atomic mass is 16.2. The average molecular weight is 444 g/mol. The number of aromatic nitrogens is 5. The predicted octanol–water partition coefficient (Wildman–Crippen LogP) is 2.71. The van der Waals surface area contributed by atoms with Crippen molar-refractivity contribution in [1.82, 2.24) is 29.9 Å². The van der Waals surface area contributed by atoms with E-state index in [2.05, 4.69) is 25.8 Å². The molecule has 0 aliphatic heterocycles. The van der Waals surface area contributed by atoms with Crippen molar-refractivity contribution in [2.75, 3.05) is 11.9 Å². The van der Waals surface area contributed by atoms with E-state index in [0.717, 1.165) is 22.5 Å². The van der Waals surface area contributed by atoms with E-state index < -0.39 is 0 Å². The van der Waals surface area contributed by atoms with Crippen LogP contribution >= 0.6 is 0 Å². The van der Waals surface area contributed by atoms with Crippen molar-refractivity contribution in [3.8, 4) is 11.3 Å². The minimum Gasteiger partial charge on any atom is -0.343 e. The molecule has 0 spiro atoms. The van der Waals surface area contributed by atoms with Crippen molar-refractivity contribution in [3.63, 3.8) is 0 Å². The summed E-state index contributed by atoms with van der Waals surface area (Å²) in [5, 5.41) is 14.4. The first-order valence-electron chi connectivity index (χ1n) is 10.5. The Morgan fingerprint density at radius 1 is 1.03 bits per heavy atom. The lowest BCUT2D eigenvalue weighted by Gasteiger charge is -2.07. The Morgan fingerprint density at radius 3 is 2.48 bits per heavy atom. The van der Waals surface area contributed by atoms with E-state index in [9.17, 15) is 9.59 Å². The molecule has 0 bridgehead atoms. The number of pyridine rings is 1. The van der Waals surface area contributed by atoms with Crippen LogP contribution in [0.3, 0.4) is 0 Å². The fraction of sp³-hybridized carbons (Fsp3) is 0.208. The molecular formula is C24H25N7O2. The van der Waals surface area contributed by atoms with Crippen molar-refractivity contribution in [3.05, 3.63) is 83.6 Å². The molecule has 4 aromatic rings. The Kier molecular flexibility index (Phi) is 6.30. The lowest BCUT2D eigenvalue weighted by atomic mass is 10.1. The van der Waals surface area contributed by atoms with Crippen LogP contribution in [0.1, 0.15) is 27.3 Å². The number of carbonyl (C=O) groups is 2. The fourth-order valence-electron chi connectivity index (χ4n) is 3.55. The van der Waals surface area contributed by atoms with Gasteiger partial charge in [0.15, 0.2) is 0 Å². The van der Waals surface area contributed by atoms with Crippen LogP contribution in [0.5, 0.6) is 0 Å². The van der Waals surface area contributed by atoms with Gasteiger partial charge in [-0.15, -0.1) is 0 Å². The standard InChI is InChI=1S/C24H25N7O2/c1-16-22(17(2)30(3)28-16)27-21(32)13-26-24(33)20-15-31(14-18-8-5-4-6-9-18)29-23(20)19-10-7-11-25-12-19/h4-12,15H,13-14H2,1-3H3,(H,26,33)(H,27,32). The number of nitrogens with zero attached hydrogens (tertiary/aromatic N) is 5. The molecule has 2 N–H and O–H groups in total. The molecular weight excluding hydrogens is 418 g/mol. The summed E-state index contributed by atoms with van der Waals surface area (Å²) < 4.78 is 3.42. The molecule has 0 aliphatic carbocycles. The second-order valence-electron chi connectivity index (χ2n) is 7.72. The first-order valence-corrected chi connectivity index (χ1v) is 10.5. The molecule has 0 aliphatic rings. The summed E-state index contributed by atoms with van der Waals surface area (Å²) in [7, 11) is 1.81. The normalized spacial score (nSPS) is 10.8. The van der Waals surface area contributed by atoms with Crippen LogP contribution < -0.4 is 10.6 Å².